The number of nitrogens with one attached hydrogen (secondary N) is 1. The molecule has 0 bridgehead atoms. The smallest absolute Gasteiger partial charge is 0.242 e. The SMILES string of the molecule is Cn1cc(CNS(=O)(=O)c2ccsc2CO)cn1. The first-order chi connectivity index (χ1) is 8.53. The number of aromatic nitrogens is 2. The third-order valence-electron chi connectivity index (χ3n) is 2.36. The van der Waals surface area contributed by atoms with Crippen molar-refractivity contribution in [2.24, 2.45) is 7.05 Å². The van der Waals surface area contributed by atoms with E-state index in [1.54, 1.807) is 29.5 Å². The fraction of sp³-hybridized carbons (Fsp3) is 0.300. The topological polar surface area (TPSA) is 84.2 Å². The second-order valence-corrected chi connectivity index (χ2v) is 6.45. The first kappa shape index (κ1) is 13.2. The van der Waals surface area contributed by atoms with Gasteiger partial charge >= 0.3 is 0 Å². The second-order valence-electron chi connectivity index (χ2n) is 3.71. The number of hydrogen-bond donors (Lipinski definition) is 2. The number of sulfonamides is 1. The van der Waals surface area contributed by atoms with Gasteiger partial charge in [0.25, 0.3) is 0 Å². The number of rotatable bonds is 5. The van der Waals surface area contributed by atoms with Crippen molar-refractivity contribution in [2.75, 3.05) is 0 Å². The Morgan fingerprint density at radius 1 is 1.56 bits per heavy atom. The van der Waals surface area contributed by atoms with Crippen LogP contribution < -0.4 is 4.72 Å². The van der Waals surface area contributed by atoms with Crippen LogP contribution in [0.4, 0.5) is 0 Å². The van der Waals surface area contributed by atoms with E-state index in [9.17, 15) is 8.42 Å². The van der Waals surface area contributed by atoms with E-state index in [1.807, 2.05) is 0 Å². The molecular formula is C10H13N3O3S2. The number of hydrogen-bond acceptors (Lipinski definition) is 5. The molecule has 8 heteroatoms. The van der Waals surface area contributed by atoms with Crippen LogP contribution in [0.2, 0.25) is 0 Å². The summed E-state index contributed by atoms with van der Waals surface area (Å²) in [5, 5.41) is 14.7. The van der Waals surface area contributed by atoms with Gasteiger partial charge in [-0.05, 0) is 11.4 Å². The number of aliphatic hydroxyl groups excluding tert-OH is 1. The molecule has 2 rings (SSSR count). The first-order valence-corrected chi connectivity index (χ1v) is 7.53. The molecule has 0 aromatic carbocycles. The van der Waals surface area contributed by atoms with Crippen molar-refractivity contribution in [1.29, 1.82) is 0 Å². The van der Waals surface area contributed by atoms with E-state index in [0.717, 1.165) is 5.56 Å². The summed E-state index contributed by atoms with van der Waals surface area (Å²) in [6.07, 6.45) is 3.34. The highest BCUT2D eigenvalue weighted by Crippen LogP contribution is 2.21. The predicted octanol–water partition coefficient (Wildman–Crippen LogP) is 0.452. The van der Waals surface area contributed by atoms with Crippen LogP contribution in [0, 0.1) is 0 Å². The Hall–Kier alpha value is -1.22. The molecule has 18 heavy (non-hydrogen) atoms. The van der Waals surface area contributed by atoms with E-state index in [4.69, 9.17) is 5.11 Å². The number of aryl methyl sites for hydroxylation is 1. The Balaban J connectivity index is 2.13. The van der Waals surface area contributed by atoms with E-state index in [-0.39, 0.29) is 18.0 Å². The van der Waals surface area contributed by atoms with Gasteiger partial charge in [0, 0.05) is 30.2 Å². The maximum absolute atomic E-state index is 12.0. The Morgan fingerprint density at radius 2 is 2.33 bits per heavy atom. The molecule has 0 aliphatic heterocycles. The third-order valence-corrected chi connectivity index (χ3v) is 4.88. The van der Waals surface area contributed by atoms with Gasteiger partial charge in [0.1, 0.15) is 0 Å². The summed E-state index contributed by atoms with van der Waals surface area (Å²) >= 11 is 1.22. The largest absolute Gasteiger partial charge is 0.391 e. The van der Waals surface area contributed by atoms with Crippen molar-refractivity contribution in [2.45, 2.75) is 18.0 Å². The van der Waals surface area contributed by atoms with Crippen LogP contribution in [0.15, 0.2) is 28.7 Å². The maximum Gasteiger partial charge on any atom is 0.242 e. The minimum Gasteiger partial charge on any atom is -0.391 e. The zero-order chi connectivity index (χ0) is 13.2. The van der Waals surface area contributed by atoms with Gasteiger partial charge in [0.05, 0.1) is 17.7 Å². The summed E-state index contributed by atoms with van der Waals surface area (Å²) in [4.78, 5) is 0.576. The second kappa shape index (κ2) is 5.19. The zero-order valence-electron chi connectivity index (χ0n) is 9.70. The quantitative estimate of drug-likeness (QED) is 0.836. The maximum atomic E-state index is 12.0. The van der Waals surface area contributed by atoms with E-state index >= 15 is 0 Å². The van der Waals surface area contributed by atoms with Crippen LogP contribution in [0.5, 0.6) is 0 Å². The van der Waals surface area contributed by atoms with Crippen LogP contribution in [0.1, 0.15) is 10.4 Å². The predicted molar refractivity (Wildman–Crippen MR) is 67.5 cm³/mol. The lowest BCUT2D eigenvalue weighted by atomic mass is 10.4. The lowest BCUT2D eigenvalue weighted by Gasteiger charge is -2.05. The summed E-state index contributed by atoms with van der Waals surface area (Å²) in [5.74, 6) is 0. The van der Waals surface area contributed by atoms with Crippen molar-refractivity contribution in [3.8, 4) is 0 Å². The van der Waals surface area contributed by atoms with Gasteiger partial charge in [-0.25, -0.2) is 13.1 Å². The molecule has 0 radical (unpaired) electrons. The highest BCUT2D eigenvalue weighted by Gasteiger charge is 2.19. The molecule has 0 amide bonds. The summed E-state index contributed by atoms with van der Waals surface area (Å²) < 4.78 is 28.1. The Morgan fingerprint density at radius 3 is 2.94 bits per heavy atom. The molecule has 2 heterocycles. The third kappa shape index (κ3) is 2.78. The van der Waals surface area contributed by atoms with Crippen molar-refractivity contribution < 1.29 is 13.5 Å². The van der Waals surface area contributed by atoms with Gasteiger partial charge in [-0.15, -0.1) is 11.3 Å². The van der Waals surface area contributed by atoms with Crippen LogP contribution in [-0.4, -0.2) is 23.3 Å². The minimum atomic E-state index is -3.59. The van der Waals surface area contributed by atoms with Crippen LogP contribution >= 0.6 is 11.3 Å². The number of nitrogens with zero attached hydrogens (tertiary/aromatic N) is 2. The van der Waals surface area contributed by atoms with E-state index in [1.165, 1.54) is 17.4 Å². The zero-order valence-corrected chi connectivity index (χ0v) is 11.3. The molecule has 2 N–H and O–H groups in total. The standard InChI is InChI=1S/C10H13N3O3S2/c1-13-6-8(4-11-13)5-12-18(15,16)10-2-3-17-9(10)7-14/h2-4,6,12,14H,5,7H2,1H3. The molecule has 6 nitrogen and oxygen atoms in total. The average Bonchev–Trinajstić information content (AvgIpc) is 2.95. The lowest BCUT2D eigenvalue weighted by Crippen LogP contribution is -2.23. The molecule has 0 aliphatic rings. The molecule has 2 aromatic heterocycles. The van der Waals surface area contributed by atoms with Crippen LogP contribution in [-0.2, 0) is 30.2 Å². The van der Waals surface area contributed by atoms with Crippen LogP contribution in [0.3, 0.4) is 0 Å². The van der Waals surface area contributed by atoms with Gasteiger partial charge in [-0.3, -0.25) is 4.68 Å². The highest BCUT2D eigenvalue weighted by atomic mass is 32.2. The molecule has 0 unspecified atom stereocenters. The van der Waals surface area contributed by atoms with Gasteiger partial charge in [-0.2, -0.15) is 5.10 Å². The molecule has 0 saturated heterocycles. The van der Waals surface area contributed by atoms with Crippen molar-refractivity contribution >= 4 is 21.4 Å². The summed E-state index contributed by atoms with van der Waals surface area (Å²) in [6, 6.07) is 1.49. The molecule has 0 fully saturated rings. The monoisotopic (exact) mass is 287 g/mol. The Labute approximate surface area is 109 Å². The molecule has 98 valence electrons. The minimum absolute atomic E-state index is 0.138. The molecule has 0 saturated carbocycles. The molecule has 0 spiro atoms. The van der Waals surface area contributed by atoms with Crippen LogP contribution in [0.25, 0.3) is 0 Å². The van der Waals surface area contributed by atoms with E-state index < -0.39 is 10.0 Å². The van der Waals surface area contributed by atoms with Gasteiger partial charge in [0.15, 0.2) is 0 Å². The van der Waals surface area contributed by atoms with Crippen molar-refractivity contribution in [3.05, 3.63) is 34.3 Å². The first-order valence-electron chi connectivity index (χ1n) is 5.17. The van der Waals surface area contributed by atoms with E-state index in [0.29, 0.717) is 4.88 Å². The summed E-state index contributed by atoms with van der Waals surface area (Å²) in [6.45, 7) is -0.0995. The van der Waals surface area contributed by atoms with Gasteiger partial charge < -0.3 is 5.11 Å². The van der Waals surface area contributed by atoms with Crippen molar-refractivity contribution in [3.63, 3.8) is 0 Å². The normalized spacial score (nSPS) is 11.9. The molecule has 0 aliphatic carbocycles. The summed E-state index contributed by atoms with van der Waals surface area (Å²) in [7, 11) is -1.82. The van der Waals surface area contributed by atoms with Gasteiger partial charge in [-0.1, -0.05) is 0 Å². The Kier molecular flexibility index (Phi) is 3.81. The van der Waals surface area contributed by atoms with E-state index in [2.05, 4.69) is 9.82 Å². The number of thiophene rings is 1. The van der Waals surface area contributed by atoms with Gasteiger partial charge in [0.2, 0.25) is 10.0 Å². The average molecular weight is 287 g/mol. The fourth-order valence-electron chi connectivity index (χ4n) is 1.50. The highest BCUT2D eigenvalue weighted by molar-refractivity contribution is 7.89. The molecular weight excluding hydrogens is 274 g/mol. The lowest BCUT2D eigenvalue weighted by molar-refractivity contribution is 0.282. The Bertz CT molecular complexity index is 630. The molecule has 2 aromatic rings. The summed E-state index contributed by atoms with van der Waals surface area (Å²) in [5.41, 5.74) is 0.779. The fourth-order valence-corrected chi connectivity index (χ4v) is 3.81. The number of aliphatic hydroxyl groups is 1. The van der Waals surface area contributed by atoms with Crippen molar-refractivity contribution in [1.82, 2.24) is 14.5 Å². The molecule has 0 atom stereocenters.